The average molecular weight is 282 g/mol. The van der Waals surface area contributed by atoms with Crippen molar-refractivity contribution in [1.29, 1.82) is 0 Å². The molecular formula is C10H13F3N2O4. The molecule has 1 aliphatic rings. The van der Waals surface area contributed by atoms with Gasteiger partial charge in [-0.2, -0.15) is 13.2 Å². The number of carbonyl (C=O) groups is 3. The summed E-state index contributed by atoms with van der Waals surface area (Å²) in [7, 11) is 0. The quantitative estimate of drug-likeness (QED) is 0.636. The number of nitrogens with one attached hydrogen (secondary N) is 2. The molecule has 1 rings (SSSR count). The van der Waals surface area contributed by atoms with Crippen LogP contribution in [0.4, 0.5) is 13.2 Å². The Kier molecular flexibility index (Phi) is 4.38. The highest BCUT2D eigenvalue weighted by Gasteiger charge is 2.46. The van der Waals surface area contributed by atoms with Crippen LogP contribution in [0.3, 0.4) is 0 Å². The van der Waals surface area contributed by atoms with Crippen molar-refractivity contribution in [2.24, 2.45) is 5.92 Å². The second kappa shape index (κ2) is 5.45. The van der Waals surface area contributed by atoms with Gasteiger partial charge >= 0.3 is 12.1 Å². The zero-order chi connectivity index (χ0) is 14.8. The molecule has 1 aliphatic heterocycles. The van der Waals surface area contributed by atoms with Gasteiger partial charge in [-0.3, -0.25) is 14.4 Å². The minimum absolute atomic E-state index is 0.270. The molecule has 108 valence electrons. The fraction of sp³-hybridized carbons (Fsp3) is 0.700. The van der Waals surface area contributed by atoms with Crippen LogP contribution in [0, 0.1) is 5.92 Å². The molecule has 19 heavy (non-hydrogen) atoms. The van der Waals surface area contributed by atoms with E-state index in [0.29, 0.717) is 0 Å². The molecule has 0 aliphatic carbocycles. The van der Waals surface area contributed by atoms with E-state index in [9.17, 15) is 27.6 Å². The van der Waals surface area contributed by atoms with Gasteiger partial charge in [-0.25, -0.2) is 0 Å². The van der Waals surface area contributed by atoms with E-state index >= 15 is 0 Å². The van der Waals surface area contributed by atoms with Gasteiger partial charge in [0.05, 0.1) is 0 Å². The van der Waals surface area contributed by atoms with Crippen LogP contribution in [0.1, 0.15) is 19.8 Å². The number of alkyl halides is 3. The fourth-order valence-electron chi connectivity index (χ4n) is 1.68. The SMILES string of the molecule is C[C@H](NC(=O)C1CCC(C(F)(F)F)NC1=O)C(=O)O. The summed E-state index contributed by atoms with van der Waals surface area (Å²) in [5.74, 6) is -4.50. The number of carboxylic acids is 1. The molecule has 0 radical (unpaired) electrons. The molecule has 0 aromatic carbocycles. The van der Waals surface area contributed by atoms with Gasteiger partial charge in [0.15, 0.2) is 0 Å². The lowest BCUT2D eigenvalue weighted by molar-refractivity contribution is -0.171. The van der Waals surface area contributed by atoms with Crippen LogP contribution >= 0.6 is 0 Å². The highest BCUT2D eigenvalue weighted by Crippen LogP contribution is 2.28. The second-order valence-corrected chi connectivity index (χ2v) is 4.30. The summed E-state index contributed by atoms with van der Waals surface area (Å²) in [4.78, 5) is 33.5. The van der Waals surface area contributed by atoms with E-state index < -0.39 is 48.4 Å². The first-order valence-electron chi connectivity index (χ1n) is 5.53. The maximum absolute atomic E-state index is 12.4. The number of hydrogen-bond donors (Lipinski definition) is 3. The molecule has 0 saturated carbocycles. The highest BCUT2D eigenvalue weighted by molar-refractivity contribution is 6.01. The molecule has 0 bridgehead atoms. The van der Waals surface area contributed by atoms with Gasteiger partial charge in [0.1, 0.15) is 18.0 Å². The predicted octanol–water partition coefficient (Wildman–Crippen LogP) is 0.0328. The van der Waals surface area contributed by atoms with Gasteiger partial charge < -0.3 is 15.7 Å². The lowest BCUT2D eigenvalue weighted by atomic mass is 9.92. The molecular weight excluding hydrogens is 269 g/mol. The van der Waals surface area contributed by atoms with Crippen LogP contribution in [0.25, 0.3) is 0 Å². The Hall–Kier alpha value is -1.80. The topological polar surface area (TPSA) is 95.5 Å². The number of carboxylic acid groups (broad SMARTS) is 1. The second-order valence-electron chi connectivity index (χ2n) is 4.30. The van der Waals surface area contributed by atoms with Crippen molar-refractivity contribution < 1.29 is 32.7 Å². The summed E-state index contributed by atoms with van der Waals surface area (Å²) in [5.41, 5.74) is 0. The van der Waals surface area contributed by atoms with Gasteiger partial charge in [-0.15, -0.1) is 0 Å². The summed E-state index contributed by atoms with van der Waals surface area (Å²) in [5, 5.41) is 12.3. The fourth-order valence-corrected chi connectivity index (χ4v) is 1.68. The summed E-state index contributed by atoms with van der Waals surface area (Å²) in [6.45, 7) is 1.19. The van der Waals surface area contributed by atoms with Crippen LogP contribution < -0.4 is 10.6 Å². The lowest BCUT2D eigenvalue weighted by Gasteiger charge is -2.30. The van der Waals surface area contributed by atoms with Crippen LogP contribution in [-0.2, 0) is 14.4 Å². The van der Waals surface area contributed by atoms with E-state index in [0.717, 1.165) is 0 Å². The molecule has 1 heterocycles. The average Bonchev–Trinajstić information content (AvgIpc) is 2.27. The monoisotopic (exact) mass is 282 g/mol. The summed E-state index contributed by atoms with van der Waals surface area (Å²) >= 11 is 0. The zero-order valence-electron chi connectivity index (χ0n) is 9.95. The number of piperidine rings is 1. The first kappa shape index (κ1) is 15.3. The van der Waals surface area contributed by atoms with E-state index in [4.69, 9.17) is 5.11 Å². The van der Waals surface area contributed by atoms with Crippen molar-refractivity contribution in [3.63, 3.8) is 0 Å². The number of aliphatic carboxylic acids is 1. The molecule has 1 saturated heterocycles. The molecule has 9 heteroatoms. The van der Waals surface area contributed by atoms with E-state index in [1.807, 2.05) is 0 Å². The summed E-state index contributed by atoms with van der Waals surface area (Å²) in [6.07, 6.45) is -5.23. The van der Waals surface area contributed by atoms with Gasteiger partial charge in [0.25, 0.3) is 0 Å². The van der Waals surface area contributed by atoms with Gasteiger partial charge in [-0.1, -0.05) is 0 Å². The molecule has 3 atom stereocenters. The third-order valence-electron chi connectivity index (χ3n) is 2.82. The minimum Gasteiger partial charge on any atom is -0.480 e. The highest BCUT2D eigenvalue weighted by atomic mass is 19.4. The van der Waals surface area contributed by atoms with Gasteiger partial charge in [0.2, 0.25) is 11.8 Å². The lowest BCUT2D eigenvalue weighted by Crippen LogP contribution is -2.55. The maximum atomic E-state index is 12.4. The van der Waals surface area contributed by atoms with E-state index in [-0.39, 0.29) is 6.42 Å². The Balaban J connectivity index is 2.61. The molecule has 0 aromatic rings. The number of amides is 2. The van der Waals surface area contributed by atoms with Crippen molar-refractivity contribution in [3.8, 4) is 0 Å². The Morgan fingerprint density at radius 2 is 2.00 bits per heavy atom. The minimum atomic E-state index is -4.55. The zero-order valence-corrected chi connectivity index (χ0v) is 9.95. The standard InChI is InChI=1S/C10H13F3N2O4/c1-4(9(18)19)14-7(16)5-2-3-6(10(11,12)13)15-8(5)17/h4-6H,2-3H2,1H3,(H,14,16)(H,15,17)(H,18,19)/t4-,5?,6?/m0/s1. The Labute approximate surface area is 106 Å². The molecule has 6 nitrogen and oxygen atoms in total. The van der Waals surface area contributed by atoms with E-state index in [2.05, 4.69) is 5.32 Å². The van der Waals surface area contributed by atoms with Crippen LogP contribution in [0.5, 0.6) is 0 Å². The predicted molar refractivity (Wildman–Crippen MR) is 56.0 cm³/mol. The molecule has 2 unspecified atom stereocenters. The van der Waals surface area contributed by atoms with Crippen molar-refractivity contribution in [1.82, 2.24) is 10.6 Å². The Morgan fingerprint density at radius 3 is 2.42 bits per heavy atom. The normalized spacial score (nSPS) is 25.4. The maximum Gasteiger partial charge on any atom is 0.408 e. The molecule has 2 amide bonds. The van der Waals surface area contributed by atoms with Gasteiger partial charge in [-0.05, 0) is 19.8 Å². The summed E-state index contributed by atoms with van der Waals surface area (Å²) < 4.78 is 37.1. The third-order valence-corrected chi connectivity index (χ3v) is 2.82. The molecule has 1 fully saturated rings. The van der Waals surface area contributed by atoms with Crippen LogP contribution in [-0.4, -0.2) is 41.2 Å². The molecule has 3 N–H and O–H groups in total. The van der Waals surface area contributed by atoms with Crippen molar-refractivity contribution in [2.45, 2.75) is 38.0 Å². The van der Waals surface area contributed by atoms with Crippen LogP contribution in [0.15, 0.2) is 0 Å². The first-order valence-corrected chi connectivity index (χ1v) is 5.53. The smallest absolute Gasteiger partial charge is 0.408 e. The molecule has 0 aromatic heterocycles. The largest absolute Gasteiger partial charge is 0.480 e. The van der Waals surface area contributed by atoms with E-state index in [1.54, 1.807) is 5.32 Å². The Bertz CT molecular complexity index is 397. The van der Waals surface area contributed by atoms with Gasteiger partial charge in [0, 0.05) is 0 Å². The van der Waals surface area contributed by atoms with Crippen LogP contribution in [0.2, 0.25) is 0 Å². The van der Waals surface area contributed by atoms with Crippen molar-refractivity contribution in [3.05, 3.63) is 0 Å². The van der Waals surface area contributed by atoms with Crippen molar-refractivity contribution in [2.75, 3.05) is 0 Å². The number of hydrogen-bond acceptors (Lipinski definition) is 3. The van der Waals surface area contributed by atoms with E-state index in [1.165, 1.54) is 6.92 Å². The number of rotatable bonds is 3. The first-order chi connectivity index (χ1) is 8.62. The number of carbonyl (C=O) groups excluding carboxylic acids is 2. The number of halogens is 3. The Morgan fingerprint density at radius 1 is 1.42 bits per heavy atom. The van der Waals surface area contributed by atoms with Crippen molar-refractivity contribution >= 4 is 17.8 Å². The molecule has 0 spiro atoms. The third kappa shape index (κ3) is 3.83. The summed E-state index contributed by atoms with van der Waals surface area (Å²) in [6, 6.07) is -3.17.